The number of nitrogens with one attached hydrogen (secondary N) is 1. The van der Waals surface area contributed by atoms with Crippen LogP contribution in [-0.2, 0) is 9.53 Å². The number of ether oxygens (including phenoxy) is 1. The minimum absolute atomic E-state index is 0.127. The van der Waals surface area contributed by atoms with Crippen LogP contribution in [-0.4, -0.2) is 36.0 Å². The summed E-state index contributed by atoms with van der Waals surface area (Å²) < 4.78 is 4.84. The van der Waals surface area contributed by atoms with Crippen LogP contribution < -0.4 is 5.32 Å². The SMILES string of the molecule is COC(=O)c1ccccc1NC(=O)c1ccc([C@H]2CC(C)C(O)CCCC3CCC4=CC(=O)CCC4=C32)cc1. The van der Waals surface area contributed by atoms with Gasteiger partial charge in [0, 0.05) is 17.9 Å². The van der Waals surface area contributed by atoms with E-state index in [9.17, 15) is 19.5 Å². The fourth-order valence-corrected chi connectivity index (χ4v) is 6.61. The molecule has 0 aromatic heterocycles. The van der Waals surface area contributed by atoms with Gasteiger partial charge in [-0.3, -0.25) is 9.59 Å². The molecule has 1 amide bonds. The Morgan fingerprint density at radius 2 is 1.74 bits per heavy atom. The lowest BCUT2D eigenvalue weighted by Gasteiger charge is -2.37. The fraction of sp³-hybridized carbons (Fsp3) is 0.424. The Kier molecular flexibility index (Phi) is 8.12. The molecule has 5 rings (SSSR count). The first-order valence-electron chi connectivity index (χ1n) is 14.1. The van der Waals surface area contributed by atoms with Gasteiger partial charge >= 0.3 is 5.97 Å². The highest BCUT2D eigenvalue weighted by molar-refractivity contribution is 6.08. The highest BCUT2D eigenvalue weighted by Crippen LogP contribution is 2.49. The van der Waals surface area contributed by atoms with Crippen LogP contribution in [0.4, 0.5) is 5.69 Å². The first kappa shape index (κ1) is 27.1. The van der Waals surface area contributed by atoms with Gasteiger partial charge in [0.05, 0.1) is 24.5 Å². The second-order valence-corrected chi connectivity index (χ2v) is 11.2. The number of amides is 1. The number of rotatable bonds is 4. The van der Waals surface area contributed by atoms with Crippen molar-refractivity contribution in [3.05, 3.63) is 88.0 Å². The van der Waals surface area contributed by atoms with Crippen molar-refractivity contribution in [2.24, 2.45) is 11.8 Å². The number of aliphatic hydroxyl groups excluding tert-OH is 1. The molecule has 3 aliphatic rings. The van der Waals surface area contributed by atoms with E-state index in [-0.39, 0.29) is 29.6 Å². The predicted molar refractivity (Wildman–Crippen MR) is 151 cm³/mol. The third-order valence-electron chi connectivity index (χ3n) is 8.74. The van der Waals surface area contributed by atoms with E-state index in [1.54, 1.807) is 24.3 Å². The van der Waals surface area contributed by atoms with Crippen LogP contribution >= 0.6 is 0 Å². The molecule has 1 fully saturated rings. The average Bonchev–Trinajstić information content (AvgIpc) is 3.01. The maximum atomic E-state index is 13.1. The summed E-state index contributed by atoms with van der Waals surface area (Å²) in [5.41, 5.74) is 6.35. The number of para-hydroxylation sites is 1. The standard InChI is InChI=1S/C33H37NO5/c1-20-18-28(31-22(6-5-9-30(20)36)12-15-24-19-25(35)16-17-26(24)31)21-10-13-23(14-11-21)32(37)34-29-8-4-3-7-27(29)33(38)39-2/h3-4,7-8,10-11,13-14,19-20,22,28,30,36H,5-6,9,12,15-18H2,1-2H3,(H,34,37)/t20?,22?,28-,30?/m1/s1. The zero-order valence-corrected chi connectivity index (χ0v) is 22.7. The van der Waals surface area contributed by atoms with Crippen molar-refractivity contribution in [3.8, 4) is 0 Å². The van der Waals surface area contributed by atoms with E-state index >= 15 is 0 Å². The molecule has 4 atom stereocenters. The van der Waals surface area contributed by atoms with Gasteiger partial charge in [-0.2, -0.15) is 0 Å². The van der Waals surface area contributed by atoms with Gasteiger partial charge in [-0.15, -0.1) is 0 Å². The second kappa shape index (κ2) is 11.7. The molecule has 0 aliphatic heterocycles. The summed E-state index contributed by atoms with van der Waals surface area (Å²) in [4.78, 5) is 37.4. The number of anilines is 1. The Bertz CT molecular complexity index is 1320. The van der Waals surface area contributed by atoms with E-state index in [1.165, 1.54) is 23.8 Å². The Morgan fingerprint density at radius 1 is 0.974 bits per heavy atom. The fourth-order valence-electron chi connectivity index (χ4n) is 6.61. The third-order valence-corrected chi connectivity index (χ3v) is 8.74. The summed E-state index contributed by atoms with van der Waals surface area (Å²) in [6, 6.07) is 14.5. The number of carbonyl (C=O) groups excluding carboxylic acids is 3. The van der Waals surface area contributed by atoms with Crippen molar-refractivity contribution in [3.63, 3.8) is 0 Å². The Hall–Kier alpha value is -3.51. The van der Waals surface area contributed by atoms with Gasteiger partial charge in [0.25, 0.3) is 5.91 Å². The number of methoxy groups -OCH3 is 1. The summed E-state index contributed by atoms with van der Waals surface area (Å²) in [7, 11) is 1.31. The average molecular weight is 528 g/mol. The smallest absolute Gasteiger partial charge is 0.339 e. The first-order chi connectivity index (χ1) is 18.9. The van der Waals surface area contributed by atoms with Crippen molar-refractivity contribution in [1.29, 1.82) is 0 Å². The van der Waals surface area contributed by atoms with Gasteiger partial charge in [-0.05, 0) is 97.4 Å². The molecule has 39 heavy (non-hydrogen) atoms. The van der Waals surface area contributed by atoms with Crippen LogP contribution in [0.15, 0.2) is 71.3 Å². The topological polar surface area (TPSA) is 92.7 Å². The Labute approximate surface area is 230 Å². The van der Waals surface area contributed by atoms with Gasteiger partial charge in [0.1, 0.15) is 0 Å². The van der Waals surface area contributed by atoms with Crippen LogP contribution in [0.2, 0.25) is 0 Å². The Balaban J connectivity index is 1.47. The highest BCUT2D eigenvalue weighted by atomic mass is 16.5. The number of fused-ring (bicyclic) bond motifs is 2. The summed E-state index contributed by atoms with van der Waals surface area (Å²) in [6.45, 7) is 2.13. The van der Waals surface area contributed by atoms with Crippen LogP contribution in [0, 0.1) is 11.8 Å². The number of allylic oxidation sites excluding steroid dienone is 4. The maximum absolute atomic E-state index is 13.1. The van der Waals surface area contributed by atoms with Gasteiger partial charge in [-0.1, -0.05) is 43.2 Å². The molecule has 1 saturated carbocycles. The van der Waals surface area contributed by atoms with Crippen molar-refractivity contribution < 1.29 is 24.2 Å². The first-order valence-corrected chi connectivity index (χ1v) is 14.1. The molecule has 0 saturated heterocycles. The monoisotopic (exact) mass is 527 g/mol. The van der Waals surface area contributed by atoms with Crippen molar-refractivity contribution in [1.82, 2.24) is 0 Å². The number of benzene rings is 2. The van der Waals surface area contributed by atoms with Crippen LogP contribution in [0.25, 0.3) is 0 Å². The molecular formula is C33H37NO5. The molecule has 0 radical (unpaired) electrons. The molecule has 3 aliphatic carbocycles. The minimum atomic E-state index is -0.507. The Morgan fingerprint density at radius 3 is 2.51 bits per heavy atom. The molecule has 0 spiro atoms. The molecule has 2 aromatic rings. The zero-order chi connectivity index (χ0) is 27.5. The summed E-state index contributed by atoms with van der Waals surface area (Å²) in [5, 5.41) is 13.7. The molecule has 6 nitrogen and oxygen atoms in total. The molecule has 6 heteroatoms. The van der Waals surface area contributed by atoms with E-state index in [2.05, 4.69) is 12.2 Å². The number of hydrogen-bond donors (Lipinski definition) is 2. The van der Waals surface area contributed by atoms with Crippen LogP contribution in [0.1, 0.15) is 90.5 Å². The van der Waals surface area contributed by atoms with Gasteiger partial charge in [0.15, 0.2) is 5.78 Å². The molecular weight excluding hydrogens is 490 g/mol. The summed E-state index contributed by atoms with van der Waals surface area (Å²) in [6.07, 6.45) is 8.59. The van der Waals surface area contributed by atoms with E-state index in [4.69, 9.17) is 4.74 Å². The maximum Gasteiger partial charge on any atom is 0.339 e. The molecule has 2 N–H and O–H groups in total. The quantitative estimate of drug-likeness (QED) is 0.451. The minimum Gasteiger partial charge on any atom is -0.465 e. The van der Waals surface area contributed by atoms with E-state index in [0.717, 1.165) is 50.5 Å². The zero-order valence-electron chi connectivity index (χ0n) is 22.7. The van der Waals surface area contributed by atoms with Crippen molar-refractivity contribution in [2.45, 2.75) is 70.3 Å². The number of aliphatic hydroxyl groups is 1. The lowest BCUT2D eigenvalue weighted by Crippen LogP contribution is -2.24. The number of esters is 1. The lowest BCUT2D eigenvalue weighted by molar-refractivity contribution is -0.114. The molecule has 204 valence electrons. The van der Waals surface area contributed by atoms with E-state index in [1.807, 2.05) is 30.3 Å². The summed E-state index contributed by atoms with van der Waals surface area (Å²) >= 11 is 0. The molecule has 0 heterocycles. The largest absolute Gasteiger partial charge is 0.465 e. The number of carbonyl (C=O) groups is 3. The van der Waals surface area contributed by atoms with Crippen LogP contribution in [0.3, 0.4) is 0 Å². The highest BCUT2D eigenvalue weighted by Gasteiger charge is 2.36. The predicted octanol–water partition coefficient (Wildman–Crippen LogP) is 6.38. The molecule has 0 bridgehead atoms. The number of hydrogen-bond acceptors (Lipinski definition) is 5. The lowest BCUT2D eigenvalue weighted by atomic mass is 9.67. The normalized spacial score (nSPS) is 25.3. The van der Waals surface area contributed by atoms with Gasteiger partial charge in [0.2, 0.25) is 0 Å². The van der Waals surface area contributed by atoms with Crippen molar-refractivity contribution >= 4 is 23.3 Å². The van der Waals surface area contributed by atoms with Crippen LogP contribution in [0.5, 0.6) is 0 Å². The second-order valence-electron chi connectivity index (χ2n) is 11.2. The van der Waals surface area contributed by atoms with Crippen molar-refractivity contribution in [2.75, 3.05) is 12.4 Å². The summed E-state index contributed by atoms with van der Waals surface area (Å²) in [5.74, 6) is 0.129. The van der Waals surface area contributed by atoms with E-state index in [0.29, 0.717) is 29.2 Å². The molecule has 2 aromatic carbocycles. The third kappa shape index (κ3) is 5.76. The van der Waals surface area contributed by atoms with Gasteiger partial charge < -0.3 is 15.2 Å². The number of ketones is 1. The van der Waals surface area contributed by atoms with Gasteiger partial charge in [-0.25, -0.2) is 4.79 Å². The molecule has 3 unspecified atom stereocenters. The van der Waals surface area contributed by atoms with E-state index < -0.39 is 5.97 Å².